The summed E-state index contributed by atoms with van der Waals surface area (Å²) in [5, 5.41) is 16.0. The van der Waals surface area contributed by atoms with Crippen molar-refractivity contribution in [1.82, 2.24) is 0 Å². The van der Waals surface area contributed by atoms with Crippen LogP contribution in [0.2, 0.25) is 0 Å². The molecule has 0 aliphatic heterocycles. The van der Waals surface area contributed by atoms with Crippen LogP contribution in [0.15, 0.2) is 10.2 Å². The van der Waals surface area contributed by atoms with E-state index in [0.29, 0.717) is 0 Å². The first kappa shape index (κ1) is 6.21. The summed E-state index contributed by atoms with van der Waals surface area (Å²) in [7, 11) is 1.61. The molecule has 1 saturated carbocycles. The Kier molecular flexibility index (Phi) is 1.48. The van der Waals surface area contributed by atoms with E-state index in [-0.39, 0.29) is 0 Å². The van der Waals surface area contributed by atoms with E-state index >= 15 is 0 Å². The smallest absolute Gasteiger partial charge is 0.167 e. The average Bonchev–Trinajstić information content (AvgIpc) is 1.79. The molecule has 0 spiro atoms. The van der Waals surface area contributed by atoms with E-state index in [9.17, 15) is 0 Å². The van der Waals surface area contributed by atoms with Crippen LogP contribution in [0.4, 0.5) is 0 Å². The molecule has 48 valence electrons. The number of rotatable bonds is 1. The lowest BCUT2D eigenvalue weighted by Crippen LogP contribution is -2.32. The first-order chi connectivity index (χ1) is 4.33. The van der Waals surface area contributed by atoms with E-state index in [1.54, 1.807) is 7.05 Å². The van der Waals surface area contributed by atoms with Gasteiger partial charge in [0.1, 0.15) is 0 Å². The molecule has 1 aliphatic rings. The molecule has 0 bridgehead atoms. The van der Waals surface area contributed by atoms with Gasteiger partial charge in [0.2, 0.25) is 0 Å². The highest BCUT2D eigenvalue weighted by Gasteiger charge is 2.37. The lowest BCUT2D eigenvalue weighted by molar-refractivity contribution is 0.315. The highest BCUT2D eigenvalue weighted by molar-refractivity contribution is 5.11. The van der Waals surface area contributed by atoms with Gasteiger partial charge in [-0.25, -0.2) is 0 Å². The van der Waals surface area contributed by atoms with E-state index in [2.05, 4.69) is 16.3 Å². The Hall–Kier alpha value is -0.910. The normalized spacial score (nSPS) is 23.1. The van der Waals surface area contributed by atoms with Crippen LogP contribution in [0.3, 0.4) is 0 Å². The molecule has 0 aromatic carbocycles. The predicted octanol–water partition coefficient (Wildman–Crippen LogP) is 1.51. The molecule has 0 aromatic heterocycles. The summed E-state index contributed by atoms with van der Waals surface area (Å²) < 4.78 is 0. The molecule has 9 heavy (non-hydrogen) atoms. The van der Waals surface area contributed by atoms with E-state index in [1.807, 2.05) is 0 Å². The monoisotopic (exact) mass is 123 g/mol. The van der Waals surface area contributed by atoms with Crippen LogP contribution in [0.25, 0.3) is 0 Å². The van der Waals surface area contributed by atoms with Gasteiger partial charge in [-0.2, -0.15) is 15.5 Å². The minimum atomic E-state index is -0.422. The molecule has 1 fully saturated rings. The Morgan fingerprint density at radius 3 is 2.33 bits per heavy atom. The molecule has 3 heteroatoms. The zero-order valence-corrected chi connectivity index (χ0v) is 5.46. The van der Waals surface area contributed by atoms with Crippen LogP contribution >= 0.6 is 0 Å². The highest BCUT2D eigenvalue weighted by Crippen LogP contribution is 2.34. The molecule has 1 rings (SSSR count). The highest BCUT2D eigenvalue weighted by atomic mass is 15.1. The first-order valence-corrected chi connectivity index (χ1v) is 3.05. The second-order valence-electron chi connectivity index (χ2n) is 2.30. The van der Waals surface area contributed by atoms with Crippen molar-refractivity contribution < 1.29 is 0 Å². The molecule has 0 N–H and O–H groups in total. The van der Waals surface area contributed by atoms with Gasteiger partial charge >= 0.3 is 0 Å². The van der Waals surface area contributed by atoms with Crippen LogP contribution in [-0.2, 0) is 0 Å². The summed E-state index contributed by atoms with van der Waals surface area (Å²) in [5.41, 5.74) is -0.422. The van der Waals surface area contributed by atoms with E-state index in [1.165, 1.54) is 0 Å². The number of nitrogens with zero attached hydrogens (tertiary/aromatic N) is 3. The molecule has 1 aliphatic carbocycles. The fourth-order valence-corrected chi connectivity index (χ4v) is 0.937. The van der Waals surface area contributed by atoms with Gasteiger partial charge in [0.15, 0.2) is 5.54 Å². The minimum absolute atomic E-state index is 0.422. The van der Waals surface area contributed by atoms with Gasteiger partial charge in [0, 0.05) is 7.05 Å². The molecule has 0 unspecified atom stereocenters. The van der Waals surface area contributed by atoms with Crippen molar-refractivity contribution in [2.45, 2.75) is 24.8 Å². The van der Waals surface area contributed by atoms with Crippen molar-refractivity contribution in [3.05, 3.63) is 0 Å². The zero-order chi connectivity index (χ0) is 6.74. The van der Waals surface area contributed by atoms with Gasteiger partial charge in [-0.05, 0) is 19.3 Å². The Labute approximate surface area is 54.4 Å². The van der Waals surface area contributed by atoms with Gasteiger partial charge < -0.3 is 0 Å². The van der Waals surface area contributed by atoms with Gasteiger partial charge in [-0.15, -0.1) is 0 Å². The third-order valence-corrected chi connectivity index (χ3v) is 1.68. The van der Waals surface area contributed by atoms with Crippen LogP contribution in [0, 0.1) is 11.3 Å². The van der Waals surface area contributed by atoms with Crippen molar-refractivity contribution in [2.24, 2.45) is 10.2 Å². The Morgan fingerprint density at radius 1 is 1.56 bits per heavy atom. The maximum absolute atomic E-state index is 8.56. The number of azo groups is 1. The molecule has 0 radical (unpaired) electrons. The van der Waals surface area contributed by atoms with Crippen molar-refractivity contribution in [2.75, 3.05) is 7.05 Å². The lowest BCUT2D eigenvalue weighted by atomic mass is 9.79. The van der Waals surface area contributed by atoms with Crippen molar-refractivity contribution in [3.63, 3.8) is 0 Å². The first-order valence-electron chi connectivity index (χ1n) is 3.05. The maximum atomic E-state index is 8.56. The Balaban J connectivity index is 2.60. The quantitative estimate of drug-likeness (QED) is 0.487. The molecule has 0 saturated heterocycles. The minimum Gasteiger partial charge on any atom is -0.196 e. The van der Waals surface area contributed by atoms with Crippen LogP contribution in [0.1, 0.15) is 19.3 Å². The van der Waals surface area contributed by atoms with Gasteiger partial charge in [0.25, 0.3) is 0 Å². The van der Waals surface area contributed by atoms with E-state index in [0.717, 1.165) is 19.3 Å². The second-order valence-corrected chi connectivity index (χ2v) is 2.30. The molecular formula is C6H9N3. The average molecular weight is 123 g/mol. The predicted molar refractivity (Wildman–Crippen MR) is 33.0 cm³/mol. The number of nitriles is 1. The van der Waals surface area contributed by atoms with Gasteiger partial charge in [0.05, 0.1) is 6.07 Å². The Morgan fingerprint density at radius 2 is 2.22 bits per heavy atom. The zero-order valence-electron chi connectivity index (χ0n) is 5.46. The van der Waals surface area contributed by atoms with Crippen molar-refractivity contribution in [3.8, 4) is 6.07 Å². The topological polar surface area (TPSA) is 48.5 Å². The largest absolute Gasteiger partial charge is 0.196 e. The lowest BCUT2D eigenvalue weighted by Gasteiger charge is -2.28. The van der Waals surface area contributed by atoms with Crippen LogP contribution in [-0.4, -0.2) is 12.6 Å². The SMILES string of the molecule is CN=NC1(C#N)CCC1. The number of hydrogen-bond donors (Lipinski definition) is 0. The van der Waals surface area contributed by atoms with Crippen molar-refractivity contribution >= 4 is 0 Å². The van der Waals surface area contributed by atoms with Crippen LogP contribution < -0.4 is 0 Å². The molecule has 0 heterocycles. The van der Waals surface area contributed by atoms with E-state index < -0.39 is 5.54 Å². The second kappa shape index (κ2) is 2.14. The Bertz CT molecular complexity index is 162. The summed E-state index contributed by atoms with van der Waals surface area (Å²) in [5.74, 6) is 0. The fourth-order valence-electron chi connectivity index (χ4n) is 0.937. The van der Waals surface area contributed by atoms with Crippen molar-refractivity contribution in [1.29, 1.82) is 5.26 Å². The fraction of sp³-hybridized carbons (Fsp3) is 0.833. The van der Waals surface area contributed by atoms with Gasteiger partial charge in [-0.3, -0.25) is 0 Å². The summed E-state index contributed by atoms with van der Waals surface area (Å²) in [6.07, 6.45) is 2.90. The summed E-state index contributed by atoms with van der Waals surface area (Å²) in [6, 6.07) is 2.16. The third kappa shape index (κ3) is 0.925. The molecule has 0 atom stereocenters. The maximum Gasteiger partial charge on any atom is 0.167 e. The van der Waals surface area contributed by atoms with Gasteiger partial charge in [-0.1, -0.05) is 0 Å². The molecular weight excluding hydrogens is 114 g/mol. The van der Waals surface area contributed by atoms with Crippen LogP contribution in [0.5, 0.6) is 0 Å². The third-order valence-electron chi connectivity index (χ3n) is 1.68. The summed E-state index contributed by atoms with van der Waals surface area (Å²) in [4.78, 5) is 0. The standard InChI is InChI=1S/C6H9N3/c1-8-9-6(5-7)3-2-4-6/h2-4H2,1H3. The van der Waals surface area contributed by atoms with E-state index in [4.69, 9.17) is 5.26 Å². The summed E-state index contributed by atoms with van der Waals surface area (Å²) >= 11 is 0. The number of hydrogen-bond acceptors (Lipinski definition) is 3. The molecule has 0 aromatic rings. The molecule has 0 amide bonds. The summed E-state index contributed by atoms with van der Waals surface area (Å²) in [6.45, 7) is 0. The molecule has 3 nitrogen and oxygen atoms in total.